The summed E-state index contributed by atoms with van der Waals surface area (Å²) in [5.74, 6) is -0.154. The fourth-order valence-electron chi connectivity index (χ4n) is 3.16. The Morgan fingerprint density at radius 3 is 2.42 bits per heavy atom. The maximum Gasteiger partial charge on any atom is 0.418 e. The van der Waals surface area contributed by atoms with Gasteiger partial charge in [-0.25, -0.2) is 0 Å². The second kappa shape index (κ2) is 8.96. The van der Waals surface area contributed by atoms with E-state index in [0.717, 1.165) is 19.0 Å². The van der Waals surface area contributed by atoms with Crippen molar-refractivity contribution in [3.63, 3.8) is 0 Å². The predicted molar refractivity (Wildman–Crippen MR) is 99.5 cm³/mol. The topological polar surface area (TPSA) is 102 Å². The first kappa shape index (κ1) is 23.2. The summed E-state index contributed by atoms with van der Waals surface area (Å²) in [4.78, 5) is 0. The molecule has 0 amide bonds. The molecule has 3 rings (SSSR count). The van der Waals surface area contributed by atoms with Crippen molar-refractivity contribution >= 4 is 22.8 Å². The number of nitrogens with one attached hydrogen (secondary N) is 3. The van der Waals surface area contributed by atoms with Crippen LogP contribution in [0.2, 0.25) is 0 Å². The Morgan fingerprint density at radius 1 is 1.10 bits per heavy atom. The van der Waals surface area contributed by atoms with Gasteiger partial charge in [0.25, 0.3) is 0 Å². The minimum Gasteiger partial charge on any atom is -0.755 e. The highest BCUT2D eigenvalue weighted by molar-refractivity contribution is 7.80. The zero-order chi connectivity index (χ0) is 22.8. The van der Waals surface area contributed by atoms with Crippen LogP contribution in [-0.2, 0) is 23.6 Å². The predicted octanol–water partition coefficient (Wildman–Crippen LogP) is 3.55. The van der Waals surface area contributed by atoms with E-state index in [0.29, 0.717) is 31.2 Å². The molecule has 1 aromatic carbocycles. The highest BCUT2D eigenvalue weighted by atomic mass is 32.2. The molecular weight excluding hydrogens is 452 g/mol. The Morgan fingerprint density at radius 2 is 1.84 bits per heavy atom. The molecule has 0 radical (unpaired) electrons. The molecule has 0 saturated carbocycles. The van der Waals surface area contributed by atoms with Gasteiger partial charge < -0.3 is 19.9 Å². The van der Waals surface area contributed by atoms with E-state index in [2.05, 4.69) is 20.8 Å². The van der Waals surface area contributed by atoms with Crippen molar-refractivity contribution in [2.75, 3.05) is 23.1 Å². The molecule has 2 aromatic rings. The summed E-state index contributed by atoms with van der Waals surface area (Å²) >= 11 is -3.09. The van der Waals surface area contributed by atoms with Gasteiger partial charge in [-0.1, -0.05) is 6.07 Å². The molecule has 2 atom stereocenters. The number of hydrogen-bond donors (Lipinski definition) is 3. The molecule has 1 aromatic heterocycles. The Balaban J connectivity index is 2.07. The number of halogens is 6. The summed E-state index contributed by atoms with van der Waals surface area (Å²) in [6.45, 7) is 1.31. The second-order valence-electron chi connectivity index (χ2n) is 6.77. The summed E-state index contributed by atoms with van der Waals surface area (Å²) in [5.41, 5.74) is -4.52. The van der Waals surface area contributed by atoms with E-state index in [1.165, 1.54) is 0 Å². The minimum atomic E-state index is -4.93. The highest BCUT2D eigenvalue weighted by Crippen LogP contribution is 2.41. The number of benzene rings is 1. The van der Waals surface area contributed by atoms with Gasteiger partial charge in [-0.05, 0) is 37.6 Å². The van der Waals surface area contributed by atoms with Gasteiger partial charge in [0.2, 0.25) is 0 Å². The van der Waals surface area contributed by atoms with E-state index < -0.39 is 51.7 Å². The third-order valence-corrected chi connectivity index (χ3v) is 4.93. The quantitative estimate of drug-likeness (QED) is 0.458. The van der Waals surface area contributed by atoms with Gasteiger partial charge in [-0.15, -0.1) is 10.2 Å². The molecule has 0 aliphatic carbocycles. The fraction of sp³-hybridized carbons (Fsp3) is 0.412. The minimum absolute atomic E-state index is 0.154. The van der Waals surface area contributed by atoms with Crippen LogP contribution in [0.5, 0.6) is 0 Å². The maximum atomic E-state index is 13.7. The first-order valence-corrected chi connectivity index (χ1v) is 10.0. The Labute approximate surface area is 175 Å². The normalized spacial score (nSPS) is 18.5. The molecule has 0 bridgehead atoms. The van der Waals surface area contributed by atoms with Crippen molar-refractivity contribution in [3.8, 4) is 11.3 Å². The molecule has 0 spiro atoms. The van der Waals surface area contributed by atoms with Crippen molar-refractivity contribution in [3.05, 3.63) is 35.4 Å². The Kier molecular flexibility index (Phi) is 6.71. The van der Waals surface area contributed by atoms with Crippen molar-refractivity contribution in [1.29, 1.82) is 0 Å². The lowest BCUT2D eigenvalue weighted by Crippen LogP contribution is -2.38. The standard InChI is InChI=1S/C17H17F6N5O2S/c18-16(19,20)9-3-4-11(13(6-9)28-31(29)30)15-12(17(21,22)23)7-14(26-27-15)25-10-2-1-5-24-8-10/h3-4,6-7,10,24,28H,1-2,5,8H2,(H,25,26)(H,29,30)/p-1/t10-/m1/s1. The smallest absolute Gasteiger partial charge is 0.418 e. The third kappa shape index (κ3) is 5.83. The zero-order valence-electron chi connectivity index (χ0n) is 15.6. The van der Waals surface area contributed by atoms with Gasteiger partial charge in [-0.3, -0.25) is 4.21 Å². The van der Waals surface area contributed by atoms with E-state index in [9.17, 15) is 35.1 Å². The number of hydrogen-bond acceptors (Lipinski definition) is 6. The van der Waals surface area contributed by atoms with E-state index in [4.69, 9.17) is 0 Å². The molecular formula is C17H16F6N5O2S-. The first-order chi connectivity index (χ1) is 14.4. The van der Waals surface area contributed by atoms with Gasteiger partial charge in [0.1, 0.15) is 11.5 Å². The Bertz CT molecular complexity index is 963. The van der Waals surface area contributed by atoms with Crippen molar-refractivity contribution in [2.24, 2.45) is 0 Å². The zero-order valence-corrected chi connectivity index (χ0v) is 16.4. The van der Waals surface area contributed by atoms with Crippen molar-refractivity contribution in [1.82, 2.24) is 15.5 Å². The molecule has 1 fully saturated rings. The monoisotopic (exact) mass is 468 g/mol. The van der Waals surface area contributed by atoms with E-state index >= 15 is 0 Å². The van der Waals surface area contributed by atoms with Crippen LogP contribution >= 0.6 is 0 Å². The van der Waals surface area contributed by atoms with Crippen LogP contribution in [0, 0.1) is 0 Å². The molecule has 1 aliphatic heterocycles. The number of rotatable bonds is 5. The number of nitrogens with zero attached hydrogens (tertiary/aromatic N) is 2. The first-order valence-electron chi connectivity index (χ1n) is 8.95. The van der Waals surface area contributed by atoms with Crippen LogP contribution in [-0.4, -0.2) is 38.1 Å². The molecule has 1 aliphatic rings. The van der Waals surface area contributed by atoms with Gasteiger partial charge in [0.15, 0.2) is 0 Å². The van der Waals surface area contributed by atoms with Crippen LogP contribution < -0.4 is 15.4 Å². The van der Waals surface area contributed by atoms with Gasteiger partial charge in [0, 0.05) is 29.4 Å². The van der Waals surface area contributed by atoms with E-state index in [1.54, 1.807) is 4.72 Å². The van der Waals surface area contributed by atoms with Crippen LogP contribution in [0.15, 0.2) is 24.3 Å². The van der Waals surface area contributed by atoms with Gasteiger partial charge in [0.05, 0.1) is 16.8 Å². The number of piperidine rings is 1. The lowest BCUT2D eigenvalue weighted by Gasteiger charge is -2.24. The lowest BCUT2D eigenvalue weighted by molar-refractivity contribution is -0.138. The molecule has 1 unspecified atom stereocenters. The molecule has 7 nitrogen and oxygen atoms in total. The largest absolute Gasteiger partial charge is 0.755 e. The summed E-state index contributed by atoms with van der Waals surface area (Å²) in [6, 6.07) is 2.19. The maximum absolute atomic E-state index is 13.7. The number of alkyl halides is 6. The van der Waals surface area contributed by atoms with Crippen molar-refractivity contribution < 1.29 is 35.1 Å². The number of aromatic nitrogens is 2. The van der Waals surface area contributed by atoms with E-state index in [-0.39, 0.29) is 11.9 Å². The Hall–Kier alpha value is -2.45. The molecule has 31 heavy (non-hydrogen) atoms. The van der Waals surface area contributed by atoms with Crippen LogP contribution in [0.3, 0.4) is 0 Å². The molecule has 170 valence electrons. The summed E-state index contributed by atoms with van der Waals surface area (Å²) in [6.07, 6.45) is -8.23. The van der Waals surface area contributed by atoms with Crippen LogP contribution in [0.4, 0.5) is 37.8 Å². The fourth-order valence-corrected chi connectivity index (χ4v) is 3.51. The summed E-state index contributed by atoms with van der Waals surface area (Å²) in [7, 11) is 0. The SMILES string of the molecule is O=S([O-])Nc1cc(C(F)(F)F)ccc1-c1nnc(N[C@@H]2CCCNC2)cc1C(F)(F)F. The third-order valence-electron chi connectivity index (χ3n) is 4.54. The average Bonchev–Trinajstić information content (AvgIpc) is 2.67. The summed E-state index contributed by atoms with van der Waals surface area (Å²) in [5, 5.41) is 13.2. The molecule has 14 heteroatoms. The van der Waals surface area contributed by atoms with Crippen molar-refractivity contribution in [2.45, 2.75) is 31.2 Å². The lowest BCUT2D eigenvalue weighted by atomic mass is 10.0. The van der Waals surface area contributed by atoms with E-state index in [1.807, 2.05) is 0 Å². The van der Waals surface area contributed by atoms with Gasteiger partial charge >= 0.3 is 12.4 Å². The number of anilines is 2. The molecule has 3 N–H and O–H groups in total. The van der Waals surface area contributed by atoms with Crippen LogP contribution in [0.25, 0.3) is 11.3 Å². The highest BCUT2D eigenvalue weighted by Gasteiger charge is 2.37. The second-order valence-corrected chi connectivity index (χ2v) is 7.45. The van der Waals surface area contributed by atoms with Gasteiger partial charge in [-0.2, -0.15) is 26.3 Å². The van der Waals surface area contributed by atoms with Crippen LogP contribution in [0.1, 0.15) is 24.0 Å². The average molecular weight is 468 g/mol. The molecule has 2 heterocycles. The summed E-state index contributed by atoms with van der Waals surface area (Å²) < 4.78 is 104. The molecule has 1 saturated heterocycles.